The molecule has 11 rings (SSSR count). The number of Topliss-reactive ketones (excluding diaryl/α,β-unsaturated/α-hetero) is 1. The Kier molecular flexibility index (Phi) is 40.7. The Labute approximate surface area is 733 Å². The van der Waals surface area contributed by atoms with Crippen molar-refractivity contribution in [1.29, 1.82) is 0 Å². The van der Waals surface area contributed by atoms with Crippen molar-refractivity contribution in [2.75, 3.05) is 152 Å². The van der Waals surface area contributed by atoms with Crippen LogP contribution < -0.4 is 14.8 Å². The summed E-state index contributed by atoms with van der Waals surface area (Å²) in [6.07, 6.45) is 1.09. The summed E-state index contributed by atoms with van der Waals surface area (Å²) in [6.45, 7) is 8.25. The first-order chi connectivity index (χ1) is 56.4. The van der Waals surface area contributed by atoms with Crippen LogP contribution in [0.25, 0.3) is 0 Å². The van der Waals surface area contributed by atoms with E-state index in [2.05, 4.69) is 29.5 Å². The van der Waals surface area contributed by atoms with Crippen LogP contribution in [0, 0.1) is 0 Å². The molecule has 25 nitrogen and oxygen atoms in total. The molecule has 652 valence electrons. The maximum Gasteiger partial charge on any atom is 0.335 e. The number of carbonyl (C=O) groups is 4. The summed E-state index contributed by atoms with van der Waals surface area (Å²) in [5.74, 6) is -2.49. The van der Waals surface area contributed by atoms with Crippen LogP contribution in [-0.4, -0.2) is 231 Å². The van der Waals surface area contributed by atoms with Crippen molar-refractivity contribution in [3.63, 3.8) is 0 Å². The highest BCUT2D eigenvalue weighted by Crippen LogP contribution is 2.42. The van der Waals surface area contributed by atoms with E-state index in [1.165, 1.54) is 24.3 Å². The Hall–Kier alpha value is -7.05. The minimum absolute atomic E-state index is 0. The minimum Gasteiger partial charge on any atom is -0.478 e. The summed E-state index contributed by atoms with van der Waals surface area (Å²) < 4.78 is 115. The number of carboxylic acids is 2. The first-order valence-electron chi connectivity index (χ1n) is 38.0. The van der Waals surface area contributed by atoms with E-state index in [1.54, 1.807) is 78.9 Å². The van der Waals surface area contributed by atoms with Gasteiger partial charge in [0.1, 0.15) is 0 Å². The summed E-state index contributed by atoms with van der Waals surface area (Å²) in [7, 11) is -4.81. The first-order valence-corrected chi connectivity index (χ1v) is 44.9. The Bertz CT molecular complexity index is 4820. The van der Waals surface area contributed by atoms with Gasteiger partial charge in [0.15, 0.2) is 15.6 Å². The minimum atomic E-state index is -3.75. The number of sulfone groups is 1. The maximum atomic E-state index is 13.1. The number of fused-ring (bicyclic) bond motifs is 3. The number of carboxylic acid groups (broad SMARTS) is 2. The monoisotopic (exact) mass is 1830 g/mol. The second kappa shape index (κ2) is 48.9. The Morgan fingerprint density at radius 2 is 0.717 bits per heavy atom. The number of likely N-dealkylation sites (N-methyl/N-ethyl adjacent to an activating group) is 3. The van der Waals surface area contributed by atoms with Gasteiger partial charge in [-0.15, -0.1) is 0 Å². The number of aromatic carboxylic acids is 2. The summed E-state index contributed by atoms with van der Waals surface area (Å²) in [6, 6.07) is 43.3. The lowest BCUT2D eigenvalue weighted by Crippen LogP contribution is -2.31. The van der Waals surface area contributed by atoms with Gasteiger partial charge in [0.05, 0.1) is 104 Å². The van der Waals surface area contributed by atoms with E-state index in [9.17, 15) is 44.4 Å². The molecule has 0 spiro atoms. The number of nitrogens with zero attached hydrogens (tertiary/aromatic N) is 3. The zero-order valence-electron chi connectivity index (χ0n) is 65.3. The number of ketones is 1. The topological polar surface area (TPSA) is 333 Å². The van der Waals surface area contributed by atoms with Gasteiger partial charge in [-0.25, -0.2) is 44.3 Å². The fourth-order valence-corrected chi connectivity index (χ4v) is 18.6. The average molecular weight is 1830 g/mol. The lowest BCUT2D eigenvalue weighted by atomic mass is 9.85. The number of amides is 1. The van der Waals surface area contributed by atoms with Gasteiger partial charge in [-0.1, -0.05) is 133 Å². The number of ether oxygens (including phenoxy) is 6. The lowest BCUT2D eigenvalue weighted by Gasteiger charge is -2.33. The number of benzene rings is 8. The number of hydrogen-bond donors (Lipinski definition) is 6. The van der Waals surface area contributed by atoms with E-state index < -0.39 is 41.8 Å². The van der Waals surface area contributed by atoms with Crippen LogP contribution in [0.2, 0.25) is 30.1 Å². The molecule has 34 heteroatoms. The van der Waals surface area contributed by atoms with Crippen molar-refractivity contribution in [1.82, 2.24) is 29.5 Å². The molecule has 120 heavy (non-hydrogen) atoms. The highest BCUT2D eigenvalue weighted by molar-refractivity contribution is 7.91. The largest absolute Gasteiger partial charge is 0.478 e. The van der Waals surface area contributed by atoms with E-state index in [0.717, 1.165) is 82.8 Å². The van der Waals surface area contributed by atoms with Crippen LogP contribution in [0.4, 0.5) is 0 Å². The third-order valence-corrected chi connectivity index (χ3v) is 25.9. The van der Waals surface area contributed by atoms with Gasteiger partial charge in [-0.3, -0.25) is 9.59 Å². The van der Waals surface area contributed by atoms with Crippen molar-refractivity contribution in [3.05, 3.63) is 260 Å². The molecule has 0 aliphatic carbocycles. The molecule has 0 saturated heterocycles. The number of aliphatic hydroxyl groups excluding tert-OH is 1. The zero-order chi connectivity index (χ0) is 85.1. The number of sulfonamides is 2. The molecule has 1 amide bonds. The molecule has 8 aromatic rings. The van der Waals surface area contributed by atoms with E-state index in [-0.39, 0.29) is 168 Å². The molecular weight excluding hydrogens is 1730 g/mol. The van der Waals surface area contributed by atoms with Crippen molar-refractivity contribution in [3.8, 4) is 0 Å². The van der Waals surface area contributed by atoms with Crippen molar-refractivity contribution in [2.24, 2.45) is 0 Å². The summed E-state index contributed by atoms with van der Waals surface area (Å²) in [5, 5.41) is 32.0. The molecule has 3 aliphatic heterocycles. The van der Waals surface area contributed by atoms with E-state index in [1.807, 2.05) is 75.7 Å². The molecule has 0 radical (unpaired) electrons. The second-order valence-corrected chi connectivity index (χ2v) is 36.4. The molecule has 0 aromatic heterocycles. The number of nitrogens with one attached hydrogen (secondary N) is 3. The first kappa shape index (κ1) is 100. The SMILES string of the molecule is C.C.CN1Cc2c(Cl)cc(Cl)cc2C(c2ccc(S(=O)(=O)CCCOCCOCCNC(=O)c3ccc(C(=O)CCCOCCOCCNS(=O)(=O)c4ccc(C5CN(C)Cc6c(Cl)cc(Cl)cc65)cc4)cc3)cc2)C1.CN1Cc2c(Cl)cc(Cl)cc2C(c2ccc(S(=O)(=O)NCCOCCOCCO)cc2)C1.O=C(O)c1ccc(C(=O)O)cc1. The molecule has 3 heterocycles. The highest BCUT2D eigenvalue weighted by atomic mass is 35.5. The maximum absolute atomic E-state index is 13.1. The van der Waals surface area contributed by atoms with Gasteiger partial charge in [-0.05, 0) is 193 Å². The molecule has 0 fully saturated rings. The normalized spacial score (nSPS) is 15.4. The van der Waals surface area contributed by atoms with Crippen LogP contribution in [0.15, 0.2) is 172 Å². The molecule has 6 N–H and O–H groups in total. The zero-order valence-corrected chi connectivity index (χ0v) is 72.3. The van der Waals surface area contributed by atoms with Crippen molar-refractivity contribution in [2.45, 2.75) is 86.2 Å². The van der Waals surface area contributed by atoms with Crippen LogP contribution in [-0.2, 0) is 77.9 Å². The number of rotatable bonds is 40. The lowest BCUT2D eigenvalue weighted by molar-refractivity contribution is 0.0348. The number of halogens is 6. The molecule has 0 bridgehead atoms. The van der Waals surface area contributed by atoms with Crippen LogP contribution >= 0.6 is 69.6 Å². The predicted octanol–water partition coefficient (Wildman–Crippen LogP) is 14.3. The van der Waals surface area contributed by atoms with Gasteiger partial charge in [-0.2, -0.15) is 0 Å². The summed E-state index contributed by atoms with van der Waals surface area (Å²) in [5.41, 5.74) is 10.3. The Morgan fingerprint density at radius 3 is 1.07 bits per heavy atom. The fourth-order valence-electron chi connectivity index (χ4n) is 13.6. The fraction of sp³-hybridized carbons (Fsp3) is 0.395. The van der Waals surface area contributed by atoms with Crippen LogP contribution in [0.1, 0.15) is 143 Å². The number of aliphatic hydroxyl groups is 1. The highest BCUT2D eigenvalue weighted by Gasteiger charge is 2.32. The van der Waals surface area contributed by atoms with Crippen LogP contribution in [0.5, 0.6) is 0 Å². The van der Waals surface area contributed by atoms with Gasteiger partial charge in [0, 0.05) is 138 Å². The van der Waals surface area contributed by atoms with Crippen molar-refractivity contribution >= 4 is 123 Å². The van der Waals surface area contributed by atoms with Gasteiger partial charge in [0.2, 0.25) is 20.0 Å². The van der Waals surface area contributed by atoms with Gasteiger partial charge in [0.25, 0.3) is 5.91 Å². The molecule has 3 atom stereocenters. The standard InChI is InChI=1S/C54H62Cl4N4O10S2.C22H28Cl2N2O5S.C8H6O4.2CH4/c1-61-33-47(45-29-41(55)31-51(57)49(45)35-61)37-10-14-43(15-11-37)73(65,66)28-4-21-70-25-26-71-22-18-59-54(64)40-8-6-39(7-9-40)53(63)5-3-20-69-24-27-72-23-19-60-74(67,68)44-16-12-38(13-17-44)48-34-62(2)36-50-46(48)30-42(56)32-52(50)58;1-26-14-20(19-12-17(23)13-22(24)21(19)15-26)16-2-4-18(5-3-16)32(28,29)25-6-8-30-10-11-31-9-7-27;9-7(10)5-1-2-6(4-3-5)8(11)12;;/h6-17,29-32,47-48,60H,3-5,18-28,33-36H2,1-2H3,(H,59,64);2-5,12-13,20,25,27H,6-11,14-15H2,1H3;1-4H,(H,9,10)(H,11,12);2*1H4. The van der Waals surface area contributed by atoms with E-state index >= 15 is 0 Å². The van der Waals surface area contributed by atoms with Gasteiger partial charge < -0.3 is 63.8 Å². The Balaban J connectivity index is 0.000000352. The van der Waals surface area contributed by atoms with E-state index in [0.29, 0.717) is 80.5 Å². The third kappa shape index (κ3) is 29.9. The molecule has 0 saturated carbocycles. The third-order valence-electron chi connectivity index (χ3n) is 19.5. The van der Waals surface area contributed by atoms with E-state index in [4.69, 9.17) is 113 Å². The predicted molar refractivity (Wildman–Crippen MR) is 468 cm³/mol. The van der Waals surface area contributed by atoms with Crippen molar-refractivity contribution < 1.29 is 88.2 Å². The number of carbonyl (C=O) groups excluding carboxylic acids is 2. The Morgan fingerprint density at radius 1 is 0.400 bits per heavy atom. The van der Waals surface area contributed by atoms with Gasteiger partial charge >= 0.3 is 11.9 Å². The molecular formula is C86H104Cl6N6O19S3. The summed E-state index contributed by atoms with van der Waals surface area (Å²) >= 11 is 38.3. The smallest absolute Gasteiger partial charge is 0.335 e. The molecule has 3 aliphatic rings. The average Bonchev–Trinajstić information content (AvgIpc) is 0.782. The molecule has 3 unspecified atom stereocenters. The second-order valence-electron chi connectivity index (χ2n) is 28.2. The summed E-state index contributed by atoms with van der Waals surface area (Å²) in [4.78, 5) is 53.2. The number of hydrogen-bond acceptors (Lipinski definition) is 20. The quantitative estimate of drug-likeness (QED) is 0.0153. The molecule has 8 aromatic carbocycles. The van der Waals surface area contributed by atoms with Crippen LogP contribution in [0.3, 0.4) is 0 Å².